The van der Waals surface area contributed by atoms with Crippen LogP contribution in [0.25, 0.3) is 0 Å². The van der Waals surface area contributed by atoms with Crippen LogP contribution in [0.3, 0.4) is 0 Å². The van der Waals surface area contributed by atoms with Gasteiger partial charge in [0.2, 0.25) is 0 Å². The van der Waals surface area contributed by atoms with E-state index in [1.165, 1.54) is 44.9 Å². The van der Waals surface area contributed by atoms with Gasteiger partial charge in [-0.1, -0.05) is 54.4 Å². The number of ketones is 1. The van der Waals surface area contributed by atoms with Gasteiger partial charge in [0.1, 0.15) is 5.78 Å². The molecule has 0 saturated heterocycles. The van der Waals surface area contributed by atoms with E-state index in [2.05, 4.69) is 41.5 Å². The van der Waals surface area contributed by atoms with Gasteiger partial charge in [0, 0.05) is 12.3 Å². The van der Waals surface area contributed by atoms with Crippen molar-refractivity contribution in [3.8, 4) is 0 Å². The van der Waals surface area contributed by atoms with Gasteiger partial charge in [-0.25, -0.2) is 0 Å². The van der Waals surface area contributed by atoms with E-state index >= 15 is 0 Å². The van der Waals surface area contributed by atoms with Gasteiger partial charge in [-0.2, -0.15) is 0 Å². The van der Waals surface area contributed by atoms with E-state index < -0.39 is 0 Å². The van der Waals surface area contributed by atoms with Crippen LogP contribution in [0.1, 0.15) is 112 Å². The van der Waals surface area contributed by atoms with Crippen LogP contribution in [-0.2, 0) is 4.79 Å². The molecule has 1 N–H and O–H groups in total. The van der Waals surface area contributed by atoms with Crippen LogP contribution in [0.5, 0.6) is 0 Å². The molecule has 0 aromatic rings. The SMILES string of the molecule is CCC(CC[C@@H](C)[C@H]1CC[C@H]2[C@@H]3CC(=O)C4CC(O)CC[C@]4(C)[C@H]3CC[C@]12C)C(C)C. The molecule has 4 rings (SSSR count). The van der Waals surface area contributed by atoms with Gasteiger partial charge in [-0.05, 0) is 104 Å². The first-order valence-corrected chi connectivity index (χ1v) is 13.8. The molecule has 4 aliphatic rings. The van der Waals surface area contributed by atoms with Crippen LogP contribution in [0.15, 0.2) is 0 Å². The molecule has 2 heteroatoms. The lowest BCUT2D eigenvalue weighted by atomic mass is 9.44. The highest BCUT2D eigenvalue weighted by atomic mass is 16.3. The minimum absolute atomic E-state index is 0.125. The third-order valence-corrected chi connectivity index (χ3v) is 11.6. The molecular formula is C29H50O2. The van der Waals surface area contributed by atoms with Gasteiger partial charge in [-0.3, -0.25) is 4.79 Å². The van der Waals surface area contributed by atoms with Crippen LogP contribution in [0.2, 0.25) is 0 Å². The first kappa shape index (κ1) is 23.8. The highest BCUT2D eigenvalue weighted by Gasteiger charge is 2.62. The van der Waals surface area contributed by atoms with Gasteiger partial charge in [-0.15, -0.1) is 0 Å². The molecular weight excluding hydrogens is 380 g/mol. The minimum atomic E-state index is -0.248. The lowest BCUT2D eigenvalue weighted by Gasteiger charge is -2.60. The second-order valence-electron chi connectivity index (χ2n) is 13.2. The van der Waals surface area contributed by atoms with Crippen molar-refractivity contribution in [2.75, 3.05) is 0 Å². The number of hydrogen-bond acceptors (Lipinski definition) is 2. The van der Waals surface area contributed by atoms with E-state index in [0.717, 1.165) is 55.3 Å². The third kappa shape index (κ3) is 3.95. The smallest absolute Gasteiger partial charge is 0.136 e. The fourth-order valence-corrected chi connectivity index (χ4v) is 9.68. The predicted molar refractivity (Wildman–Crippen MR) is 129 cm³/mol. The van der Waals surface area contributed by atoms with Crippen LogP contribution < -0.4 is 0 Å². The number of rotatable bonds is 6. The van der Waals surface area contributed by atoms with Crippen molar-refractivity contribution in [2.24, 2.45) is 58.2 Å². The molecule has 10 atom stereocenters. The average Bonchev–Trinajstić information content (AvgIpc) is 3.07. The maximum absolute atomic E-state index is 13.3. The van der Waals surface area contributed by atoms with E-state index in [0.29, 0.717) is 23.0 Å². The second kappa shape index (κ2) is 8.77. The van der Waals surface area contributed by atoms with Crippen LogP contribution in [0.4, 0.5) is 0 Å². The molecule has 0 amide bonds. The Morgan fingerprint density at radius 1 is 0.968 bits per heavy atom. The number of aliphatic hydroxyl groups is 1. The number of hydrogen-bond donors (Lipinski definition) is 1. The summed E-state index contributed by atoms with van der Waals surface area (Å²) in [5.74, 6) is 6.02. The minimum Gasteiger partial charge on any atom is -0.393 e. The number of carbonyl (C=O) groups is 1. The summed E-state index contributed by atoms with van der Waals surface area (Å²) in [4.78, 5) is 13.3. The summed E-state index contributed by atoms with van der Waals surface area (Å²) in [5.41, 5.74) is 0.591. The average molecular weight is 431 g/mol. The molecule has 4 fully saturated rings. The highest BCUT2D eigenvalue weighted by Crippen LogP contribution is 2.67. The first-order chi connectivity index (χ1) is 14.6. The van der Waals surface area contributed by atoms with Crippen LogP contribution in [0, 0.1) is 58.2 Å². The fraction of sp³-hybridized carbons (Fsp3) is 0.966. The molecule has 4 saturated carbocycles. The van der Waals surface area contributed by atoms with E-state index in [4.69, 9.17) is 0 Å². The Morgan fingerprint density at radius 3 is 2.32 bits per heavy atom. The predicted octanol–water partition coefficient (Wildman–Crippen LogP) is 7.28. The zero-order chi connectivity index (χ0) is 22.6. The summed E-state index contributed by atoms with van der Waals surface area (Å²) < 4.78 is 0. The summed E-state index contributed by atoms with van der Waals surface area (Å²) in [6.45, 7) is 14.7. The molecule has 31 heavy (non-hydrogen) atoms. The number of carbonyl (C=O) groups excluding carboxylic acids is 1. The topological polar surface area (TPSA) is 37.3 Å². The molecule has 4 aliphatic carbocycles. The van der Waals surface area contributed by atoms with E-state index in [1.54, 1.807) is 0 Å². The summed E-state index contributed by atoms with van der Waals surface area (Å²) >= 11 is 0. The van der Waals surface area contributed by atoms with Gasteiger partial charge < -0.3 is 5.11 Å². The Bertz CT molecular complexity index is 655. The number of Topliss-reactive ketones (excluding diaryl/α,β-unsaturated/α-hetero) is 1. The maximum Gasteiger partial charge on any atom is 0.136 e. The maximum atomic E-state index is 13.3. The van der Waals surface area contributed by atoms with Gasteiger partial charge in [0.15, 0.2) is 0 Å². The Hall–Kier alpha value is -0.370. The molecule has 0 aromatic heterocycles. The zero-order valence-corrected chi connectivity index (χ0v) is 21.3. The lowest BCUT2D eigenvalue weighted by molar-refractivity contribution is -0.160. The van der Waals surface area contributed by atoms with Gasteiger partial charge in [0.25, 0.3) is 0 Å². The summed E-state index contributed by atoms with van der Waals surface area (Å²) in [7, 11) is 0. The van der Waals surface area contributed by atoms with Crippen molar-refractivity contribution in [1.29, 1.82) is 0 Å². The van der Waals surface area contributed by atoms with Crippen LogP contribution in [-0.4, -0.2) is 17.0 Å². The van der Waals surface area contributed by atoms with Crippen molar-refractivity contribution in [3.05, 3.63) is 0 Å². The highest BCUT2D eigenvalue weighted by molar-refractivity contribution is 5.83. The molecule has 0 aromatic carbocycles. The van der Waals surface area contributed by atoms with E-state index in [-0.39, 0.29) is 17.4 Å². The Labute approximate surface area is 192 Å². The number of fused-ring (bicyclic) bond motifs is 5. The first-order valence-electron chi connectivity index (χ1n) is 13.8. The Kier molecular flexibility index (Phi) is 6.73. The summed E-state index contributed by atoms with van der Waals surface area (Å²) in [6.07, 6.45) is 12.8. The van der Waals surface area contributed by atoms with Crippen molar-refractivity contribution in [3.63, 3.8) is 0 Å². The molecule has 0 spiro atoms. The van der Waals surface area contributed by atoms with Crippen molar-refractivity contribution >= 4 is 5.78 Å². The molecule has 178 valence electrons. The fourth-order valence-electron chi connectivity index (χ4n) is 9.68. The number of aliphatic hydroxyl groups excluding tert-OH is 1. The summed E-state index contributed by atoms with van der Waals surface area (Å²) in [5, 5.41) is 10.3. The molecule has 2 nitrogen and oxygen atoms in total. The quantitative estimate of drug-likeness (QED) is 0.480. The largest absolute Gasteiger partial charge is 0.393 e. The van der Waals surface area contributed by atoms with Crippen LogP contribution >= 0.6 is 0 Å². The normalized spacial score (nSPS) is 46.9. The Morgan fingerprint density at radius 2 is 1.65 bits per heavy atom. The van der Waals surface area contributed by atoms with Gasteiger partial charge in [0.05, 0.1) is 6.10 Å². The van der Waals surface area contributed by atoms with Crippen molar-refractivity contribution < 1.29 is 9.90 Å². The second-order valence-corrected chi connectivity index (χ2v) is 13.2. The van der Waals surface area contributed by atoms with E-state index in [1.807, 2.05) is 0 Å². The van der Waals surface area contributed by atoms with E-state index in [9.17, 15) is 9.90 Å². The lowest BCUT2D eigenvalue weighted by Crippen LogP contribution is -2.57. The van der Waals surface area contributed by atoms with Crippen molar-refractivity contribution in [1.82, 2.24) is 0 Å². The Balaban J connectivity index is 1.49. The van der Waals surface area contributed by atoms with Gasteiger partial charge >= 0.3 is 0 Å². The molecule has 3 unspecified atom stereocenters. The standard InChI is InChI=1S/C29H50O2/c1-7-20(18(2)3)9-8-19(4)23-10-11-24-22-17-27(31)26-16-21(30)12-14-29(26,6)25(22)13-15-28(23,24)5/h18-26,30H,7-17H2,1-6H3/t19-,20?,21?,22+,23-,24+,25+,26?,28-,29-/m1/s1. The molecule has 0 bridgehead atoms. The monoisotopic (exact) mass is 430 g/mol. The zero-order valence-electron chi connectivity index (χ0n) is 21.3. The summed E-state index contributed by atoms with van der Waals surface area (Å²) in [6, 6.07) is 0. The molecule has 0 aliphatic heterocycles. The van der Waals surface area contributed by atoms with Crippen molar-refractivity contribution in [2.45, 2.75) is 118 Å². The molecule has 0 heterocycles. The third-order valence-electron chi connectivity index (χ3n) is 11.6. The molecule has 0 radical (unpaired) electrons.